The van der Waals surface area contributed by atoms with Gasteiger partial charge in [-0.3, -0.25) is 14.5 Å². The SMILES string of the molecule is CCOc1cc([C@@H]2/C(=C(\O)c3ccc(OCC(C)C)c(C)c3)C(=O)C(=O)N2CCCN2CCOCC2)ccc1O. The summed E-state index contributed by atoms with van der Waals surface area (Å²) in [6, 6.07) is 9.17. The summed E-state index contributed by atoms with van der Waals surface area (Å²) < 4.78 is 16.9. The zero-order valence-corrected chi connectivity index (χ0v) is 23.8. The number of likely N-dealkylation sites (tertiary alicyclic amines) is 1. The summed E-state index contributed by atoms with van der Waals surface area (Å²) in [5.41, 5.74) is 1.82. The van der Waals surface area contributed by atoms with Crippen LogP contribution < -0.4 is 9.47 Å². The van der Waals surface area contributed by atoms with Crippen LogP contribution >= 0.6 is 0 Å². The van der Waals surface area contributed by atoms with E-state index in [9.17, 15) is 19.8 Å². The quantitative estimate of drug-likeness (QED) is 0.242. The molecule has 9 heteroatoms. The Labute approximate surface area is 235 Å². The largest absolute Gasteiger partial charge is 0.507 e. The Morgan fingerprint density at radius 2 is 1.80 bits per heavy atom. The van der Waals surface area contributed by atoms with Crippen LogP contribution in [0.5, 0.6) is 17.2 Å². The number of amides is 1. The van der Waals surface area contributed by atoms with Crippen LogP contribution in [0.1, 0.15) is 49.9 Å². The number of nitrogens with zero attached hydrogens (tertiary/aromatic N) is 2. The number of ketones is 1. The van der Waals surface area contributed by atoms with Gasteiger partial charge in [0, 0.05) is 31.7 Å². The van der Waals surface area contributed by atoms with E-state index in [1.807, 2.05) is 6.92 Å². The van der Waals surface area contributed by atoms with Crippen LogP contribution in [-0.4, -0.2) is 84.3 Å². The lowest BCUT2D eigenvalue weighted by Crippen LogP contribution is -2.38. The lowest BCUT2D eigenvalue weighted by Gasteiger charge is -2.29. The summed E-state index contributed by atoms with van der Waals surface area (Å²) >= 11 is 0. The van der Waals surface area contributed by atoms with E-state index < -0.39 is 17.7 Å². The molecule has 2 saturated heterocycles. The first kappa shape index (κ1) is 29.4. The maximum absolute atomic E-state index is 13.4. The first-order valence-electron chi connectivity index (χ1n) is 14.0. The molecule has 0 aromatic heterocycles. The number of hydrogen-bond donors (Lipinski definition) is 2. The fourth-order valence-corrected chi connectivity index (χ4v) is 5.09. The van der Waals surface area contributed by atoms with E-state index >= 15 is 0 Å². The van der Waals surface area contributed by atoms with Gasteiger partial charge in [-0.2, -0.15) is 0 Å². The molecule has 0 unspecified atom stereocenters. The number of carbonyl (C=O) groups excluding carboxylic acids is 2. The number of hydrogen-bond acceptors (Lipinski definition) is 8. The van der Waals surface area contributed by atoms with Gasteiger partial charge in [-0.1, -0.05) is 19.9 Å². The standard InChI is InChI=1S/C31H40N2O7/c1-5-39-26-18-22(7-9-24(26)34)28-27(29(35)23-8-10-25(21(4)17-23)40-19-20(2)3)30(36)31(37)33(28)12-6-11-32-13-15-38-16-14-32/h7-10,17-18,20,28,34-35H,5-6,11-16,19H2,1-4H3/b29-27+/t28-/m1/s1. The molecular formula is C31H40N2O7. The third-order valence-corrected chi connectivity index (χ3v) is 7.14. The molecule has 2 heterocycles. The molecule has 0 bridgehead atoms. The van der Waals surface area contributed by atoms with Crippen LogP contribution in [0.25, 0.3) is 5.76 Å². The number of phenolic OH excluding ortho intramolecular Hbond substituents is 1. The maximum atomic E-state index is 13.4. The maximum Gasteiger partial charge on any atom is 0.295 e. The highest BCUT2D eigenvalue weighted by Crippen LogP contribution is 2.42. The van der Waals surface area contributed by atoms with E-state index in [4.69, 9.17) is 14.2 Å². The minimum atomic E-state index is -0.832. The first-order chi connectivity index (χ1) is 19.2. The van der Waals surface area contributed by atoms with Gasteiger partial charge in [-0.05, 0) is 67.6 Å². The normalized spacial score (nSPS) is 19.4. The topological polar surface area (TPSA) is 109 Å². The van der Waals surface area contributed by atoms with Crippen molar-refractivity contribution >= 4 is 17.4 Å². The van der Waals surface area contributed by atoms with Gasteiger partial charge in [-0.25, -0.2) is 0 Å². The molecule has 0 spiro atoms. The second kappa shape index (κ2) is 13.2. The number of Topliss-reactive ketones (excluding diaryl/α,β-unsaturated/α-hetero) is 1. The van der Waals surface area contributed by atoms with E-state index in [1.54, 1.807) is 37.3 Å². The number of benzene rings is 2. The zero-order chi connectivity index (χ0) is 28.8. The Balaban J connectivity index is 1.70. The van der Waals surface area contributed by atoms with Gasteiger partial charge in [0.05, 0.1) is 38.0 Å². The van der Waals surface area contributed by atoms with Gasteiger partial charge in [0.2, 0.25) is 0 Å². The van der Waals surface area contributed by atoms with Crippen molar-refractivity contribution in [3.05, 3.63) is 58.7 Å². The van der Waals surface area contributed by atoms with Crippen molar-refractivity contribution in [1.82, 2.24) is 9.80 Å². The summed E-state index contributed by atoms with van der Waals surface area (Å²) in [6.07, 6.45) is 0.654. The Morgan fingerprint density at radius 1 is 1.05 bits per heavy atom. The summed E-state index contributed by atoms with van der Waals surface area (Å²) in [4.78, 5) is 30.6. The molecule has 2 fully saturated rings. The number of ether oxygens (including phenoxy) is 3. The lowest BCUT2D eigenvalue weighted by atomic mass is 9.94. The van der Waals surface area contributed by atoms with Gasteiger partial charge in [0.15, 0.2) is 11.5 Å². The third kappa shape index (κ3) is 6.59. The number of morpholine rings is 1. The molecule has 0 aliphatic carbocycles. The first-order valence-corrected chi connectivity index (χ1v) is 14.0. The van der Waals surface area contributed by atoms with Gasteiger partial charge in [0.25, 0.3) is 11.7 Å². The Bertz CT molecular complexity index is 1250. The van der Waals surface area contributed by atoms with Crippen molar-refractivity contribution in [2.75, 3.05) is 52.6 Å². The monoisotopic (exact) mass is 552 g/mol. The van der Waals surface area contributed by atoms with Crippen LogP contribution in [0.4, 0.5) is 0 Å². The molecule has 2 aliphatic heterocycles. The fourth-order valence-electron chi connectivity index (χ4n) is 5.09. The van der Waals surface area contributed by atoms with Crippen LogP contribution in [0.15, 0.2) is 42.0 Å². The number of carbonyl (C=O) groups is 2. The number of aryl methyl sites for hydroxylation is 1. The molecule has 0 radical (unpaired) electrons. The summed E-state index contributed by atoms with van der Waals surface area (Å²) in [7, 11) is 0. The van der Waals surface area contributed by atoms with Crippen LogP contribution in [0, 0.1) is 12.8 Å². The average Bonchev–Trinajstić information content (AvgIpc) is 3.19. The number of phenols is 1. The lowest BCUT2D eigenvalue weighted by molar-refractivity contribution is -0.140. The molecule has 9 nitrogen and oxygen atoms in total. The van der Waals surface area contributed by atoms with Gasteiger partial charge in [0.1, 0.15) is 11.5 Å². The number of aliphatic hydroxyl groups is 1. The highest BCUT2D eigenvalue weighted by molar-refractivity contribution is 6.46. The van der Waals surface area contributed by atoms with Crippen LogP contribution in [-0.2, 0) is 14.3 Å². The van der Waals surface area contributed by atoms with E-state index in [-0.39, 0.29) is 22.8 Å². The zero-order valence-electron chi connectivity index (χ0n) is 23.8. The van der Waals surface area contributed by atoms with E-state index in [0.717, 1.165) is 25.2 Å². The number of aliphatic hydroxyl groups excluding tert-OH is 1. The second-order valence-electron chi connectivity index (χ2n) is 10.6. The molecule has 216 valence electrons. The van der Waals surface area contributed by atoms with Crippen molar-refractivity contribution in [2.45, 2.75) is 40.2 Å². The second-order valence-corrected chi connectivity index (χ2v) is 10.6. The van der Waals surface area contributed by atoms with Gasteiger partial charge in [-0.15, -0.1) is 0 Å². The van der Waals surface area contributed by atoms with Crippen LogP contribution in [0.2, 0.25) is 0 Å². The molecule has 1 atom stereocenters. The molecule has 1 amide bonds. The molecule has 2 aromatic rings. The average molecular weight is 553 g/mol. The summed E-state index contributed by atoms with van der Waals surface area (Å²) in [5.74, 6) is -0.373. The highest BCUT2D eigenvalue weighted by atomic mass is 16.5. The van der Waals surface area contributed by atoms with E-state index in [0.29, 0.717) is 62.2 Å². The Morgan fingerprint density at radius 3 is 2.48 bits per heavy atom. The predicted molar refractivity (Wildman–Crippen MR) is 152 cm³/mol. The van der Waals surface area contributed by atoms with Crippen molar-refractivity contribution in [1.29, 1.82) is 0 Å². The van der Waals surface area contributed by atoms with Gasteiger partial charge < -0.3 is 29.3 Å². The van der Waals surface area contributed by atoms with Crippen molar-refractivity contribution in [2.24, 2.45) is 5.92 Å². The highest BCUT2D eigenvalue weighted by Gasteiger charge is 2.46. The summed E-state index contributed by atoms with van der Waals surface area (Å²) in [5, 5.41) is 21.8. The van der Waals surface area contributed by atoms with E-state index in [2.05, 4.69) is 18.7 Å². The third-order valence-electron chi connectivity index (χ3n) is 7.14. The number of rotatable bonds is 11. The molecule has 2 aromatic carbocycles. The molecule has 40 heavy (non-hydrogen) atoms. The molecular weight excluding hydrogens is 512 g/mol. The van der Waals surface area contributed by atoms with Crippen molar-refractivity contribution in [3.8, 4) is 17.2 Å². The smallest absolute Gasteiger partial charge is 0.295 e. The number of aromatic hydroxyl groups is 1. The van der Waals surface area contributed by atoms with Crippen molar-refractivity contribution in [3.63, 3.8) is 0 Å². The van der Waals surface area contributed by atoms with Crippen molar-refractivity contribution < 1.29 is 34.0 Å². The Kier molecular flexibility index (Phi) is 9.71. The predicted octanol–water partition coefficient (Wildman–Crippen LogP) is 4.28. The fraction of sp³-hybridized carbons (Fsp3) is 0.484. The molecule has 2 N–H and O–H groups in total. The Hall–Kier alpha value is -3.56. The molecule has 4 rings (SSSR count). The molecule has 0 saturated carbocycles. The van der Waals surface area contributed by atoms with Gasteiger partial charge >= 0.3 is 0 Å². The molecule has 2 aliphatic rings. The van der Waals surface area contributed by atoms with Crippen LogP contribution in [0.3, 0.4) is 0 Å². The minimum absolute atomic E-state index is 0.0137. The van der Waals surface area contributed by atoms with E-state index in [1.165, 1.54) is 11.0 Å². The minimum Gasteiger partial charge on any atom is -0.507 e. The summed E-state index contributed by atoms with van der Waals surface area (Å²) in [6.45, 7) is 12.8.